The number of carbonyl (C=O) groups excluding carboxylic acids is 1. The maximum Gasteiger partial charge on any atom is 0.255 e. The molecule has 3 N–H and O–H groups in total. The van der Waals surface area contributed by atoms with Crippen molar-refractivity contribution in [2.24, 2.45) is 0 Å². The Morgan fingerprint density at radius 2 is 2.13 bits per heavy atom. The maximum atomic E-state index is 13.5. The molecule has 0 radical (unpaired) electrons. The van der Waals surface area contributed by atoms with Crippen LogP contribution in [0, 0.1) is 11.2 Å². The molecule has 0 aliphatic rings. The highest BCUT2D eigenvalue weighted by Gasteiger charge is 2.21. The molecular formula is C20H22F2N6OS. The Bertz CT molecular complexity index is 1100. The predicted molar refractivity (Wildman–Crippen MR) is 115 cm³/mol. The van der Waals surface area contributed by atoms with E-state index >= 15 is 0 Å². The van der Waals surface area contributed by atoms with Gasteiger partial charge in [0.1, 0.15) is 17.0 Å². The molecule has 7 nitrogen and oxygen atoms in total. The zero-order chi connectivity index (χ0) is 21.8. The van der Waals surface area contributed by atoms with Gasteiger partial charge in [-0.15, -0.1) is 3.89 Å². The molecular weight excluding hydrogens is 410 g/mol. The molecule has 0 saturated carbocycles. The summed E-state index contributed by atoms with van der Waals surface area (Å²) in [5, 5.41) is 14.2. The lowest BCUT2D eigenvalue weighted by Crippen LogP contribution is -2.32. The minimum absolute atomic E-state index is 0.000103. The van der Waals surface area contributed by atoms with Crippen molar-refractivity contribution >= 4 is 40.8 Å². The fraction of sp³-hybridized carbons (Fsp3) is 0.300. The van der Waals surface area contributed by atoms with Crippen LogP contribution in [0.25, 0.3) is 11.2 Å². The maximum absolute atomic E-state index is 13.5. The van der Waals surface area contributed by atoms with Gasteiger partial charge < -0.3 is 10.6 Å². The van der Waals surface area contributed by atoms with Crippen molar-refractivity contribution in [1.29, 1.82) is 5.41 Å². The first-order valence-electron chi connectivity index (χ1n) is 9.44. The van der Waals surface area contributed by atoms with E-state index in [2.05, 4.69) is 20.6 Å². The number of fused-ring (bicyclic) bond motifs is 1. The fourth-order valence-corrected chi connectivity index (χ4v) is 3.53. The summed E-state index contributed by atoms with van der Waals surface area (Å²) in [4.78, 5) is 21.4. The van der Waals surface area contributed by atoms with Crippen LogP contribution in [0.5, 0.6) is 0 Å². The van der Waals surface area contributed by atoms with Crippen molar-refractivity contribution in [3.8, 4) is 0 Å². The zero-order valence-corrected chi connectivity index (χ0v) is 17.6. The van der Waals surface area contributed by atoms with Crippen LogP contribution in [-0.2, 0) is 0 Å². The second-order valence-electron chi connectivity index (χ2n) is 6.84. The Balaban J connectivity index is 2.04. The summed E-state index contributed by atoms with van der Waals surface area (Å²) in [5.41, 5.74) is 1.58. The first kappa shape index (κ1) is 21.7. The van der Waals surface area contributed by atoms with Gasteiger partial charge in [-0.05, 0) is 31.5 Å². The minimum Gasteiger partial charge on any atom is -0.387 e. The molecule has 0 saturated heterocycles. The van der Waals surface area contributed by atoms with E-state index in [1.54, 1.807) is 7.05 Å². The summed E-state index contributed by atoms with van der Waals surface area (Å²) in [7, 11) is 1.62. The van der Waals surface area contributed by atoms with Crippen molar-refractivity contribution in [3.05, 3.63) is 53.2 Å². The molecule has 158 valence electrons. The van der Waals surface area contributed by atoms with Gasteiger partial charge in [0.25, 0.3) is 5.91 Å². The monoisotopic (exact) mass is 432 g/mol. The largest absolute Gasteiger partial charge is 0.387 e. The summed E-state index contributed by atoms with van der Waals surface area (Å²) >= 11 is -0.0872. The molecule has 0 spiro atoms. The first-order chi connectivity index (χ1) is 14.4. The van der Waals surface area contributed by atoms with Gasteiger partial charge >= 0.3 is 0 Å². The summed E-state index contributed by atoms with van der Waals surface area (Å²) < 4.78 is 28.0. The number of halogens is 2. The molecule has 30 heavy (non-hydrogen) atoms. The third-order valence-electron chi connectivity index (χ3n) is 4.66. The Morgan fingerprint density at radius 3 is 2.80 bits per heavy atom. The van der Waals surface area contributed by atoms with E-state index in [1.165, 1.54) is 30.6 Å². The number of rotatable bonds is 8. The van der Waals surface area contributed by atoms with Crippen molar-refractivity contribution in [1.82, 2.24) is 19.3 Å². The number of amides is 1. The number of anilines is 1. The number of aromatic nitrogens is 3. The highest BCUT2D eigenvalue weighted by atomic mass is 32.2. The fourth-order valence-electron chi connectivity index (χ4n) is 3.19. The summed E-state index contributed by atoms with van der Waals surface area (Å²) in [6.45, 7) is 3.91. The van der Waals surface area contributed by atoms with Crippen molar-refractivity contribution in [3.63, 3.8) is 0 Å². The SMILES string of the molecule is CCC[C@H](C)NC(=O)c1cn(SF)c2ncc(C(=N)c3ccc(F)cc3NC)nc12. The average Bonchev–Trinajstić information content (AvgIpc) is 3.11. The molecule has 3 rings (SSSR count). The standard InChI is InChI=1S/C20H22F2N6OS/c1-4-5-11(2)26-20(29)14-10-28(30-22)19-18(14)27-16(9-25-19)17(23)13-7-6-12(21)8-15(13)24-3/h6-11,23-24H,4-5H2,1-3H3,(H,26,29)/t11-/m0/s1. The van der Waals surface area contributed by atoms with Crippen LogP contribution in [-0.4, -0.2) is 38.6 Å². The van der Waals surface area contributed by atoms with Gasteiger partial charge in [-0.1, -0.05) is 13.3 Å². The van der Waals surface area contributed by atoms with Crippen LogP contribution < -0.4 is 10.6 Å². The molecule has 0 unspecified atom stereocenters. The summed E-state index contributed by atoms with van der Waals surface area (Å²) in [6, 6.07) is 3.95. The van der Waals surface area contributed by atoms with Crippen LogP contribution in [0.3, 0.4) is 0 Å². The smallest absolute Gasteiger partial charge is 0.255 e. The third kappa shape index (κ3) is 4.28. The van der Waals surface area contributed by atoms with Gasteiger partial charge in [-0.3, -0.25) is 10.2 Å². The van der Waals surface area contributed by atoms with E-state index in [0.29, 0.717) is 11.3 Å². The normalized spacial score (nSPS) is 12.0. The van der Waals surface area contributed by atoms with Gasteiger partial charge in [-0.25, -0.2) is 18.3 Å². The van der Waals surface area contributed by atoms with E-state index in [-0.39, 0.29) is 52.4 Å². The highest BCUT2D eigenvalue weighted by molar-refractivity contribution is 7.92. The first-order valence-corrected chi connectivity index (χ1v) is 10.1. The Kier molecular flexibility index (Phi) is 6.66. The second-order valence-corrected chi connectivity index (χ2v) is 7.37. The summed E-state index contributed by atoms with van der Waals surface area (Å²) in [6.07, 6.45) is 4.40. The number of carbonyl (C=O) groups is 1. The molecule has 0 aliphatic heterocycles. The quantitative estimate of drug-likeness (QED) is 0.461. The molecule has 2 heterocycles. The Morgan fingerprint density at radius 1 is 1.37 bits per heavy atom. The zero-order valence-electron chi connectivity index (χ0n) is 16.8. The predicted octanol–water partition coefficient (Wildman–Crippen LogP) is 4.33. The van der Waals surface area contributed by atoms with Crippen LogP contribution >= 0.6 is 12.3 Å². The van der Waals surface area contributed by atoms with E-state index < -0.39 is 5.82 Å². The van der Waals surface area contributed by atoms with Crippen molar-refractivity contribution in [2.45, 2.75) is 32.7 Å². The molecule has 0 aliphatic carbocycles. The van der Waals surface area contributed by atoms with E-state index in [4.69, 9.17) is 5.41 Å². The van der Waals surface area contributed by atoms with Gasteiger partial charge in [0.15, 0.2) is 18.0 Å². The minimum atomic E-state index is -0.436. The number of hydrogen-bond acceptors (Lipinski definition) is 6. The third-order valence-corrected chi connectivity index (χ3v) is 5.09. The molecule has 3 aromatic rings. The lowest BCUT2D eigenvalue weighted by atomic mass is 10.1. The number of benzene rings is 1. The molecule has 0 bridgehead atoms. The van der Waals surface area contributed by atoms with Gasteiger partial charge in [0, 0.05) is 30.5 Å². The van der Waals surface area contributed by atoms with Gasteiger partial charge in [-0.2, -0.15) is 0 Å². The van der Waals surface area contributed by atoms with E-state index in [9.17, 15) is 13.1 Å². The molecule has 1 atom stereocenters. The Labute approximate surface area is 177 Å². The van der Waals surface area contributed by atoms with Crippen molar-refractivity contribution in [2.75, 3.05) is 12.4 Å². The summed E-state index contributed by atoms with van der Waals surface area (Å²) in [5.74, 6) is -0.820. The molecule has 1 aromatic carbocycles. The van der Waals surface area contributed by atoms with Crippen LogP contribution in [0.2, 0.25) is 0 Å². The Hall–Kier alpha value is -3.01. The lowest BCUT2D eigenvalue weighted by molar-refractivity contribution is 0.0940. The van der Waals surface area contributed by atoms with Gasteiger partial charge in [0.2, 0.25) is 0 Å². The van der Waals surface area contributed by atoms with Crippen LogP contribution in [0.1, 0.15) is 48.3 Å². The molecule has 10 heteroatoms. The highest BCUT2D eigenvalue weighted by Crippen LogP contribution is 2.25. The molecule has 2 aromatic heterocycles. The van der Waals surface area contributed by atoms with Crippen LogP contribution in [0.15, 0.2) is 30.6 Å². The second kappa shape index (κ2) is 9.21. The van der Waals surface area contributed by atoms with Crippen molar-refractivity contribution < 1.29 is 13.1 Å². The topological polar surface area (TPSA) is 95.7 Å². The average molecular weight is 433 g/mol. The number of nitrogens with one attached hydrogen (secondary N) is 3. The van der Waals surface area contributed by atoms with Crippen LogP contribution in [0.4, 0.5) is 14.0 Å². The van der Waals surface area contributed by atoms with E-state index in [0.717, 1.165) is 16.8 Å². The van der Waals surface area contributed by atoms with Gasteiger partial charge in [0.05, 0.1) is 17.5 Å². The molecule has 0 fully saturated rings. The van der Waals surface area contributed by atoms with E-state index in [1.807, 2.05) is 13.8 Å². The number of hydrogen-bond donors (Lipinski definition) is 3. The molecule has 1 amide bonds. The lowest BCUT2D eigenvalue weighted by Gasteiger charge is -2.12. The number of nitrogens with zero attached hydrogens (tertiary/aromatic N) is 3.